The van der Waals surface area contributed by atoms with Crippen molar-refractivity contribution < 1.29 is 0 Å². The zero-order valence-electron chi connectivity index (χ0n) is 10.3. The van der Waals surface area contributed by atoms with Crippen LogP contribution in [0.2, 0.25) is 0 Å². The second-order valence-corrected chi connectivity index (χ2v) is 5.98. The lowest BCUT2D eigenvalue weighted by atomic mass is 9.75. The molecule has 2 saturated carbocycles. The van der Waals surface area contributed by atoms with Crippen LogP contribution in [0.3, 0.4) is 0 Å². The van der Waals surface area contributed by atoms with Crippen molar-refractivity contribution in [1.82, 2.24) is 0 Å². The molecule has 3 unspecified atom stereocenters. The number of allylic oxidation sites excluding steroid dienone is 1. The van der Waals surface area contributed by atoms with Crippen LogP contribution >= 0.6 is 0 Å². The Bertz CT molecular complexity index is 216. The van der Waals surface area contributed by atoms with E-state index < -0.39 is 0 Å². The summed E-state index contributed by atoms with van der Waals surface area (Å²) in [6, 6.07) is 0. The molecule has 0 aromatic carbocycles. The van der Waals surface area contributed by atoms with E-state index in [1.54, 1.807) is 0 Å². The summed E-state index contributed by atoms with van der Waals surface area (Å²) in [5, 5.41) is 0. The Morgan fingerprint density at radius 2 is 1.60 bits per heavy atom. The minimum Gasteiger partial charge on any atom is -0.0999 e. The van der Waals surface area contributed by atoms with E-state index in [1.165, 1.54) is 63.4 Å². The highest BCUT2D eigenvalue weighted by atomic mass is 14.3. The average molecular weight is 206 g/mol. The summed E-state index contributed by atoms with van der Waals surface area (Å²) in [7, 11) is 0. The molecule has 0 heteroatoms. The molecule has 2 rings (SSSR count). The normalized spacial score (nSPS) is 38.7. The van der Waals surface area contributed by atoms with Gasteiger partial charge < -0.3 is 0 Å². The minimum absolute atomic E-state index is 0.887. The van der Waals surface area contributed by atoms with Crippen LogP contribution in [0.1, 0.15) is 64.7 Å². The van der Waals surface area contributed by atoms with E-state index in [0.29, 0.717) is 0 Å². The summed E-state index contributed by atoms with van der Waals surface area (Å²) in [6.45, 7) is 6.66. The van der Waals surface area contributed by atoms with Crippen LogP contribution in [0.5, 0.6) is 0 Å². The lowest BCUT2D eigenvalue weighted by Gasteiger charge is -2.31. The molecular weight excluding hydrogens is 180 g/mol. The predicted octanol–water partition coefficient (Wildman–Crippen LogP) is 4.95. The molecule has 2 aliphatic rings. The van der Waals surface area contributed by atoms with Crippen molar-refractivity contribution in [3.05, 3.63) is 12.2 Å². The Labute approximate surface area is 95.1 Å². The zero-order chi connectivity index (χ0) is 10.7. The molecule has 2 fully saturated rings. The summed E-state index contributed by atoms with van der Waals surface area (Å²) in [5.74, 6) is 2.99. The molecule has 0 radical (unpaired) electrons. The molecule has 0 aliphatic heterocycles. The van der Waals surface area contributed by atoms with Crippen molar-refractivity contribution >= 4 is 0 Å². The van der Waals surface area contributed by atoms with E-state index in [1.807, 2.05) is 0 Å². The summed E-state index contributed by atoms with van der Waals surface area (Å²) in [6.07, 6.45) is 13.0. The van der Waals surface area contributed by atoms with Crippen molar-refractivity contribution in [2.45, 2.75) is 64.7 Å². The van der Waals surface area contributed by atoms with Gasteiger partial charge in [-0.05, 0) is 43.4 Å². The molecule has 15 heavy (non-hydrogen) atoms. The highest BCUT2D eigenvalue weighted by molar-refractivity contribution is 4.97. The van der Waals surface area contributed by atoms with Crippen molar-refractivity contribution in [3.8, 4) is 0 Å². The maximum Gasteiger partial charge on any atom is -0.0297 e. The molecular formula is C15H26. The summed E-state index contributed by atoms with van der Waals surface area (Å²) in [5.41, 5.74) is 1.52. The Morgan fingerprint density at radius 3 is 2.33 bits per heavy atom. The third-order valence-corrected chi connectivity index (χ3v) is 4.60. The summed E-state index contributed by atoms with van der Waals surface area (Å²) in [4.78, 5) is 0. The highest BCUT2D eigenvalue weighted by Crippen LogP contribution is 2.39. The fourth-order valence-electron chi connectivity index (χ4n) is 3.63. The topological polar surface area (TPSA) is 0 Å². The van der Waals surface area contributed by atoms with Gasteiger partial charge in [0.05, 0.1) is 0 Å². The summed E-state index contributed by atoms with van der Waals surface area (Å²) >= 11 is 0. The van der Waals surface area contributed by atoms with Crippen molar-refractivity contribution in [1.29, 1.82) is 0 Å². The van der Waals surface area contributed by atoms with Gasteiger partial charge in [0.15, 0.2) is 0 Å². The molecule has 0 saturated heterocycles. The van der Waals surface area contributed by atoms with Gasteiger partial charge in [0, 0.05) is 0 Å². The molecule has 0 N–H and O–H groups in total. The van der Waals surface area contributed by atoms with Gasteiger partial charge in [-0.1, -0.05) is 51.2 Å². The predicted molar refractivity (Wildman–Crippen MR) is 66.8 cm³/mol. The SMILES string of the molecule is C=C1CCC2CCCCC2CCC(C)C1. The fourth-order valence-corrected chi connectivity index (χ4v) is 3.63. The Morgan fingerprint density at radius 1 is 0.933 bits per heavy atom. The van der Waals surface area contributed by atoms with Gasteiger partial charge in [0.2, 0.25) is 0 Å². The Kier molecular flexibility index (Phi) is 3.88. The number of hydrogen-bond acceptors (Lipinski definition) is 0. The highest BCUT2D eigenvalue weighted by Gasteiger charge is 2.26. The maximum absolute atomic E-state index is 4.25. The molecule has 3 atom stereocenters. The van der Waals surface area contributed by atoms with Crippen molar-refractivity contribution in [2.75, 3.05) is 0 Å². The van der Waals surface area contributed by atoms with E-state index in [0.717, 1.165) is 17.8 Å². The fraction of sp³-hybridized carbons (Fsp3) is 0.867. The lowest BCUT2D eigenvalue weighted by molar-refractivity contribution is 0.206. The van der Waals surface area contributed by atoms with Crippen LogP contribution in [-0.4, -0.2) is 0 Å². The third kappa shape index (κ3) is 3.09. The molecule has 0 spiro atoms. The molecule has 2 aliphatic carbocycles. The largest absolute Gasteiger partial charge is 0.0999 e. The van der Waals surface area contributed by atoms with Crippen LogP contribution in [0.4, 0.5) is 0 Å². The number of hydrogen-bond donors (Lipinski definition) is 0. The van der Waals surface area contributed by atoms with E-state index in [4.69, 9.17) is 0 Å². The van der Waals surface area contributed by atoms with E-state index in [-0.39, 0.29) is 0 Å². The zero-order valence-corrected chi connectivity index (χ0v) is 10.3. The molecule has 0 bridgehead atoms. The van der Waals surface area contributed by atoms with Crippen LogP contribution in [-0.2, 0) is 0 Å². The molecule has 0 heterocycles. The van der Waals surface area contributed by atoms with Gasteiger partial charge >= 0.3 is 0 Å². The van der Waals surface area contributed by atoms with E-state index >= 15 is 0 Å². The van der Waals surface area contributed by atoms with Gasteiger partial charge in [-0.15, -0.1) is 0 Å². The lowest BCUT2D eigenvalue weighted by Crippen LogP contribution is -2.19. The third-order valence-electron chi connectivity index (χ3n) is 4.60. The molecule has 0 amide bonds. The first kappa shape index (κ1) is 11.2. The van der Waals surface area contributed by atoms with Gasteiger partial charge in [-0.25, -0.2) is 0 Å². The molecule has 0 nitrogen and oxygen atoms in total. The van der Waals surface area contributed by atoms with Crippen LogP contribution < -0.4 is 0 Å². The van der Waals surface area contributed by atoms with Crippen molar-refractivity contribution in [2.24, 2.45) is 17.8 Å². The van der Waals surface area contributed by atoms with Crippen LogP contribution in [0.15, 0.2) is 12.2 Å². The van der Waals surface area contributed by atoms with Gasteiger partial charge in [-0.2, -0.15) is 0 Å². The molecule has 0 aromatic rings. The second-order valence-electron chi connectivity index (χ2n) is 5.98. The number of rotatable bonds is 0. The van der Waals surface area contributed by atoms with Crippen LogP contribution in [0, 0.1) is 17.8 Å². The maximum atomic E-state index is 4.25. The van der Waals surface area contributed by atoms with E-state index in [2.05, 4.69) is 13.5 Å². The monoisotopic (exact) mass is 206 g/mol. The quantitative estimate of drug-likeness (QED) is 0.492. The van der Waals surface area contributed by atoms with Gasteiger partial charge in [-0.3, -0.25) is 0 Å². The standard InChI is InChI=1S/C15H26/c1-12-7-9-14-5-3-4-6-15(14)10-8-13(2)11-12/h13-15H,1,3-11H2,2H3. The summed E-state index contributed by atoms with van der Waals surface area (Å²) < 4.78 is 0. The first-order chi connectivity index (χ1) is 7.25. The first-order valence-corrected chi connectivity index (χ1v) is 6.92. The molecule has 0 aromatic heterocycles. The first-order valence-electron chi connectivity index (χ1n) is 6.92. The average Bonchev–Trinajstić information content (AvgIpc) is 2.30. The second kappa shape index (κ2) is 5.18. The Hall–Kier alpha value is -0.260. The van der Waals surface area contributed by atoms with Crippen LogP contribution in [0.25, 0.3) is 0 Å². The molecule has 86 valence electrons. The minimum atomic E-state index is 0.887. The Balaban J connectivity index is 1.98. The van der Waals surface area contributed by atoms with Crippen molar-refractivity contribution in [3.63, 3.8) is 0 Å². The number of fused-ring (bicyclic) bond motifs is 1. The van der Waals surface area contributed by atoms with Gasteiger partial charge in [0.1, 0.15) is 0 Å². The smallest absolute Gasteiger partial charge is 0.0297 e. The van der Waals surface area contributed by atoms with E-state index in [9.17, 15) is 0 Å². The van der Waals surface area contributed by atoms with Gasteiger partial charge in [0.25, 0.3) is 0 Å².